The average Bonchev–Trinajstić information content (AvgIpc) is 3.71. The Bertz CT molecular complexity index is 2940. The van der Waals surface area contributed by atoms with Gasteiger partial charge in [0, 0.05) is 44.1 Å². The number of aliphatic hydroxyl groups excluding tert-OH is 1. The average molecular weight is 1170 g/mol. The Morgan fingerprint density at radius 1 is 0.447 bits per heavy atom. The van der Waals surface area contributed by atoms with E-state index in [0.29, 0.717) is 53.6 Å². The number of Topliss-reactive ketones (excluding diaryl/α,β-unsaturated/α-hetero) is 3. The highest BCUT2D eigenvalue weighted by Crippen LogP contribution is 2.22. The van der Waals surface area contributed by atoms with Crippen molar-refractivity contribution in [2.45, 2.75) is 130 Å². The van der Waals surface area contributed by atoms with Gasteiger partial charge in [-0.3, -0.25) is 43.2 Å². The maximum absolute atomic E-state index is 14.6. The number of rotatable bonds is 37. The highest BCUT2D eigenvalue weighted by Gasteiger charge is 2.35. The Labute approximate surface area is 496 Å². The van der Waals surface area contributed by atoms with Crippen LogP contribution in [0.15, 0.2) is 146 Å². The third kappa shape index (κ3) is 25.7. The molecule has 85 heavy (non-hydrogen) atoms. The molecule has 0 radical (unpaired) electrons. The lowest BCUT2D eigenvalue weighted by atomic mass is 9.86. The summed E-state index contributed by atoms with van der Waals surface area (Å²) in [5, 5.41) is 20.2. The number of carbonyl (C=O) groups is 10. The minimum absolute atomic E-state index is 0.0795. The summed E-state index contributed by atoms with van der Waals surface area (Å²) in [6, 6.07) is 39.4. The van der Waals surface area contributed by atoms with Gasteiger partial charge in [-0.25, -0.2) is 4.79 Å². The molecule has 0 saturated carbocycles. The highest BCUT2D eigenvalue weighted by atomic mass is 16.6. The summed E-state index contributed by atoms with van der Waals surface area (Å²) >= 11 is 0. The normalized spacial score (nSPS) is 12.7. The van der Waals surface area contributed by atoms with E-state index in [2.05, 4.69) is 21.3 Å². The van der Waals surface area contributed by atoms with Crippen molar-refractivity contribution in [3.05, 3.63) is 179 Å². The zero-order valence-electron chi connectivity index (χ0n) is 48.5. The van der Waals surface area contributed by atoms with Crippen LogP contribution in [0.4, 0.5) is 4.79 Å². The second-order valence-electron chi connectivity index (χ2n) is 21.2. The molecule has 0 unspecified atom stereocenters. The zero-order valence-corrected chi connectivity index (χ0v) is 48.5. The Balaban J connectivity index is 1.28. The molecule has 0 spiro atoms. The van der Waals surface area contributed by atoms with Crippen molar-refractivity contribution in [1.29, 1.82) is 0 Å². The first-order valence-corrected chi connectivity index (χ1v) is 28.6. The fourth-order valence-electron chi connectivity index (χ4n) is 8.87. The van der Waals surface area contributed by atoms with Crippen molar-refractivity contribution < 1.29 is 72.0 Å². The summed E-state index contributed by atoms with van der Waals surface area (Å²) in [4.78, 5) is 136. The van der Waals surface area contributed by atoms with E-state index < -0.39 is 127 Å². The molecular formula is C66H78N4O15. The summed E-state index contributed by atoms with van der Waals surface area (Å²) in [5.74, 6) is -9.98. The maximum Gasteiger partial charge on any atom is 0.407 e. The molecule has 5 N–H and O–H groups in total. The van der Waals surface area contributed by atoms with Crippen molar-refractivity contribution in [2.24, 2.45) is 23.7 Å². The lowest BCUT2D eigenvalue weighted by Gasteiger charge is -2.26. The number of aliphatic hydroxyl groups is 1. The lowest BCUT2D eigenvalue weighted by Crippen LogP contribution is -2.49. The number of hydrogen-bond donors (Lipinski definition) is 5. The third-order valence-electron chi connectivity index (χ3n) is 14.0. The van der Waals surface area contributed by atoms with Crippen LogP contribution >= 0.6 is 0 Å². The topological polar surface area (TPSA) is 276 Å². The minimum Gasteiger partial charge on any atom is -0.461 e. The summed E-state index contributed by atoms with van der Waals surface area (Å²) in [6.07, 6.45) is -2.18. The molecule has 452 valence electrons. The van der Waals surface area contributed by atoms with Crippen LogP contribution in [0.5, 0.6) is 0 Å². The molecule has 5 aromatic rings. The molecule has 19 nitrogen and oxygen atoms in total. The second-order valence-corrected chi connectivity index (χ2v) is 21.2. The van der Waals surface area contributed by atoms with Crippen LogP contribution in [0.3, 0.4) is 0 Å². The molecule has 19 heteroatoms. The smallest absolute Gasteiger partial charge is 0.407 e. The number of ketones is 3. The molecule has 4 amide bonds. The van der Waals surface area contributed by atoms with E-state index in [1.165, 1.54) is 0 Å². The molecule has 0 aliphatic heterocycles. The quantitative estimate of drug-likeness (QED) is 0.0145. The van der Waals surface area contributed by atoms with Gasteiger partial charge in [0.1, 0.15) is 26.4 Å². The second kappa shape index (κ2) is 36.7. The van der Waals surface area contributed by atoms with Gasteiger partial charge in [0.05, 0.1) is 44.0 Å². The van der Waals surface area contributed by atoms with Crippen LogP contribution < -0.4 is 21.3 Å². The lowest BCUT2D eigenvalue weighted by molar-refractivity contribution is -0.149. The van der Waals surface area contributed by atoms with Crippen molar-refractivity contribution >= 4 is 59.1 Å². The molecule has 5 rings (SSSR count). The maximum atomic E-state index is 14.6. The van der Waals surface area contributed by atoms with Crippen molar-refractivity contribution in [3.8, 4) is 0 Å². The van der Waals surface area contributed by atoms with Crippen molar-refractivity contribution in [1.82, 2.24) is 21.3 Å². The zero-order chi connectivity index (χ0) is 61.3. The molecule has 0 aliphatic carbocycles. The van der Waals surface area contributed by atoms with Crippen LogP contribution in [0.1, 0.15) is 112 Å². The van der Waals surface area contributed by atoms with Crippen LogP contribution in [0, 0.1) is 23.7 Å². The predicted molar refractivity (Wildman–Crippen MR) is 314 cm³/mol. The fourth-order valence-corrected chi connectivity index (χ4v) is 8.87. The summed E-state index contributed by atoms with van der Waals surface area (Å²) in [6.45, 7) is 4.45. The van der Waals surface area contributed by atoms with Gasteiger partial charge >= 0.3 is 24.0 Å². The molecule has 5 atom stereocenters. The fraction of sp³-hybridized carbons (Fsp3) is 0.394. The van der Waals surface area contributed by atoms with Crippen molar-refractivity contribution in [3.63, 3.8) is 0 Å². The summed E-state index contributed by atoms with van der Waals surface area (Å²) < 4.78 is 21.7. The van der Waals surface area contributed by atoms with E-state index in [-0.39, 0.29) is 52.3 Å². The van der Waals surface area contributed by atoms with Gasteiger partial charge in [0.25, 0.3) is 0 Å². The van der Waals surface area contributed by atoms with Crippen LogP contribution in [0.25, 0.3) is 0 Å². The molecule has 0 heterocycles. The van der Waals surface area contributed by atoms with E-state index in [9.17, 15) is 53.1 Å². The Morgan fingerprint density at radius 3 is 1.45 bits per heavy atom. The van der Waals surface area contributed by atoms with Gasteiger partial charge in [0.2, 0.25) is 17.7 Å². The highest BCUT2D eigenvalue weighted by molar-refractivity contribution is 5.98. The first-order valence-electron chi connectivity index (χ1n) is 28.6. The SMILES string of the molecule is CC(C)[C@H](CC(=O)[C@H](CCC(=O)OCc1ccccc1)NC(=O)[C@@H](CC(=O)CNC(=O)[C@@H](C)CCCCNC(=O)OCc1ccccc1)CC(=O)OCc1ccccc1)C(=O)N[C@@H](CC(=O)OCc1ccccc1)C(=O)Cc1ccc(CO)cc1. The van der Waals surface area contributed by atoms with E-state index in [1.807, 2.05) is 30.3 Å². The number of alkyl carbamates (subject to hydrolysis) is 1. The number of hydrogen-bond acceptors (Lipinski definition) is 15. The van der Waals surface area contributed by atoms with Gasteiger partial charge in [-0.05, 0) is 58.6 Å². The Morgan fingerprint density at radius 2 is 0.929 bits per heavy atom. The molecule has 0 aromatic heterocycles. The summed E-state index contributed by atoms with van der Waals surface area (Å²) in [7, 11) is 0. The number of amides is 4. The molecule has 5 aromatic carbocycles. The number of nitrogens with one attached hydrogen (secondary N) is 4. The largest absolute Gasteiger partial charge is 0.461 e. The van der Waals surface area contributed by atoms with E-state index in [4.69, 9.17) is 18.9 Å². The molecule has 0 aliphatic rings. The van der Waals surface area contributed by atoms with Crippen molar-refractivity contribution in [2.75, 3.05) is 13.1 Å². The number of benzene rings is 5. The van der Waals surface area contributed by atoms with Gasteiger partial charge in [0.15, 0.2) is 17.3 Å². The Hall–Kier alpha value is -8.84. The van der Waals surface area contributed by atoms with Gasteiger partial charge in [-0.2, -0.15) is 0 Å². The standard InChI is InChI=1S/C66H78N4O15/c1-45(2)55(65(80)70-57(38-62(77)84-43-51-23-12-6-13-24-51)58(73)34-47-27-29-48(40-71)30-28-47)37-59(74)56(31-32-60(75)82-41-49-19-8-4-9-20-49)69-64(79)53(36-61(76)83-42-50-21-10-5-11-22-50)35-54(72)39-68-63(78)46(3)18-16-17-33-67-66(81)85-44-52-25-14-7-15-26-52/h4-15,19-30,45-46,53,55-57,71H,16-18,31-44H2,1-3H3,(H,67,81)(H,68,78)(H,69,79)(H,70,80)/t46-,53-,55-,56-,57-/m0/s1. The van der Waals surface area contributed by atoms with E-state index in [0.717, 1.165) is 5.56 Å². The predicted octanol–water partition coefficient (Wildman–Crippen LogP) is 7.71. The van der Waals surface area contributed by atoms with E-state index >= 15 is 0 Å². The minimum atomic E-state index is -1.48. The first-order chi connectivity index (χ1) is 41.0. The Kier molecular flexibility index (Phi) is 28.9. The monoisotopic (exact) mass is 1170 g/mol. The number of unbranched alkanes of at least 4 members (excludes halogenated alkanes) is 1. The third-order valence-corrected chi connectivity index (χ3v) is 14.0. The summed E-state index contributed by atoms with van der Waals surface area (Å²) in [5.41, 5.74) is 4.06. The van der Waals surface area contributed by atoms with Gasteiger partial charge in [-0.1, -0.05) is 173 Å². The van der Waals surface area contributed by atoms with Crippen LogP contribution in [-0.4, -0.2) is 89.4 Å². The number of ether oxygens (including phenoxy) is 4. The first kappa shape index (κ1) is 67.0. The molecule has 0 bridgehead atoms. The van der Waals surface area contributed by atoms with E-state index in [1.54, 1.807) is 136 Å². The van der Waals surface area contributed by atoms with Crippen LogP contribution in [-0.2, 0) is 102 Å². The number of carbonyl (C=O) groups excluding carboxylic acids is 10. The number of esters is 3. The van der Waals surface area contributed by atoms with Crippen LogP contribution in [0.2, 0.25) is 0 Å². The van der Waals surface area contributed by atoms with Gasteiger partial charge < -0.3 is 45.3 Å². The molecule has 0 saturated heterocycles. The molecule has 0 fully saturated rings. The molecular weight excluding hydrogens is 1090 g/mol. The van der Waals surface area contributed by atoms with Gasteiger partial charge in [-0.15, -0.1) is 0 Å².